The van der Waals surface area contributed by atoms with E-state index in [4.69, 9.17) is 4.74 Å². The third-order valence-electron chi connectivity index (χ3n) is 3.64. The molecule has 0 radical (unpaired) electrons. The van der Waals surface area contributed by atoms with E-state index in [2.05, 4.69) is 0 Å². The first-order valence-corrected chi connectivity index (χ1v) is 4.91. The van der Waals surface area contributed by atoms with Crippen molar-refractivity contribution in [1.29, 1.82) is 0 Å². The molecule has 0 aromatic carbocycles. The fourth-order valence-electron chi connectivity index (χ4n) is 2.95. The van der Waals surface area contributed by atoms with Crippen LogP contribution in [0.25, 0.3) is 0 Å². The fourth-order valence-corrected chi connectivity index (χ4v) is 2.95. The normalized spacial score (nSPS) is 43.9. The number of aliphatic hydroxyl groups excluding tert-OH is 1. The van der Waals surface area contributed by atoms with Crippen LogP contribution in [0.3, 0.4) is 0 Å². The summed E-state index contributed by atoms with van der Waals surface area (Å²) in [5, 5.41) is 9.31. The minimum atomic E-state index is -0.115. The maximum Gasteiger partial charge on any atom is 0.308 e. The number of carbonyl (C=O) groups is 1. The van der Waals surface area contributed by atoms with E-state index in [0.717, 1.165) is 12.8 Å². The number of ether oxygens (including phenoxy) is 1. The summed E-state index contributed by atoms with van der Waals surface area (Å²) in [4.78, 5) is 11.2. The van der Waals surface area contributed by atoms with Gasteiger partial charge in [-0.15, -0.1) is 0 Å². The Hall–Kier alpha value is -0.570. The number of methoxy groups -OCH3 is 1. The maximum absolute atomic E-state index is 11.2. The van der Waals surface area contributed by atoms with Crippen LogP contribution in [0.4, 0.5) is 0 Å². The van der Waals surface area contributed by atoms with Gasteiger partial charge in [0.2, 0.25) is 0 Å². The van der Waals surface area contributed by atoms with Crippen LogP contribution in [-0.2, 0) is 9.53 Å². The minimum absolute atomic E-state index is 0.0208. The topological polar surface area (TPSA) is 46.5 Å². The van der Waals surface area contributed by atoms with Gasteiger partial charge >= 0.3 is 5.97 Å². The number of esters is 1. The Morgan fingerprint density at radius 1 is 1.46 bits per heavy atom. The van der Waals surface area contributed by atoms with E-state index in [1.807, 2.05) is 6.92 Å². The third kappa shape index (κ3) is 1.35. The average molecular weight is 184 g/mol. The second-order valence-corrected chi connectivity index (χ2v) is 4.34. The molecule has 2 saturated carbocycles. The summed E-state index contributed by atoms with van der Waals surface area (Å²) in [6, 6.07) is 0. The van der Waals surface area contributed by atoms with E-state index in [1.165, 1.54) is 7.11 Å². The Kier molecular flexibility index (Phi) is 2.06. The molecule has 2 aliphatic carbocycles. The molecule has 5 atom stereocenters. The van der Waals surface area contributed by atoms with Crippen LogP contribution in [0.5, 0.6) is 0 Å². The monoisotopic (exact) mass is 184 g/mol. The lowest BCUT2D eigenvalue weighted by molar-refractivity contribution is -0.146. The van der Waals surface area contributed by atoms with E-state index in [9.17, 15) is 9.90 Å². The average Bonchev–Trinajstić information content (AvgIpc) is 2.62. The molecule has 13 heavy (non-hydrogen) atoms. The standard InChI is InChI=1S/C10H16O3/c1-5(10(12)13-2)9-7-3-6(11)4-8(7)9/h5-9,11H,3-4H2,1-2H3/t5?,6-,7+,8-,9?. The molecule has 3 nitrogen and oxygen atoms in total. The van der Waals surface area contributed by atoms with E-state index in [0.29, 0.717) is 17.8 Å². The molecule has 0 saturated heterocycles. The second-order valence-electron chi connectivity index (χ2n) is 4.34. The van der Waals surface area contributed by atoms with Gasteiger partial charge in [-0.3, -0.25) is 4.79 Å². The van der Waals surface area contributed by atoms with Gasteiger partial charge in [0.25, 0.3) is 0 Å². The van der Waals surface area contributed by atoms with Crippen LogP contribution in [0, 0.1) is 23.7 Å². The third-order valence-corrected chi connectivity index (χ3v) is 3.64. The Morgan fingerprint density at radius 3 is 2.46 bits per heavy atom. The summed E-state index contributed by atoms with van der Waals surface area (Å²) in [5.41, 5.74) is 0. The maximum atomic E-state index is 11.2. The van der Waals surface area contributed by atoms with Gasteiger partial charge < -0.3 is 9.84 Å². The molecule has 0 heterocycles. The highest BCUT2D eigenvalue weighted by Gasteiger charge is 2.59. The zero-order valence-electron chi connectivity index (χ0n) is 8.06. The van der Waals surface area contributed by atoms with Crippen LogP contribution in [0.15, 0.2) is 0 Å². The van der Waals surface area contributed by atoms with E-state index in [-0.39, 0.29) is 18.0 Å². The van der Waals surface area contributed by atoms with Gasteiger partial charge in [0.1, 0.15) is 0 Å². The van der Waals surface area contributed by atoms with Crippen LogP contribution in [0.1, 0.15) is 19.8 Å². The van der Waals surface area contributed by atoms with E-state index < -0.39 is 0 Å². The van der Waals surface area contributed by atoms with Crippen molar-refractivity contribution in [3.63, 3.8) is 0 Å². The van der Waals surface area contributed by atoms with Gasteiger partial charge in [0.05, 0.1) is 19.1 Å². The van der Waals surface area contributed by atoms with E-state index in [1.54, 1.807) is 0 Å². The van der Waals surface area contributed by atoms with Crippen molar-refractivity contribution in [2.75, 3.05) is 7.11 Å². The highest BCUT2D eigenvalue weighted by Crippen LogP contribution is 2.60. The smallest absolute Gasteiger partial charge is 0.308 e. The molecular weight excluding hydrogens is 168 g/mol. The SMILES string of the molecule is COC(=O)C(C)C1[C@H]2C[C@@H](O)C[C@@H]12. The van der Waals surface area contributed by atoms with E-state index >= 15 is 0 Å². The molecular formula is C10H16O3. The predicted molar refractivity (Wildman–Crippen MR) is 46.9 cm³/mol. The molecule has 0 spiro atoms. The van der Waals surface area contributed by atoms with Crippen molar-refractivity contribution >= 4 is 5.97 Å². The lowest BCUT2D eigenvalue weighted by Crippen LogP contribution is -2.19. The van der Waals surface area contributed by atoms with Crippen molar-refractivity contribution in [3.05, 3.63) is 0 Å². The Morgan fingerprint density at radius 2 is 2.00 bits per heavy atom. The minimum Gasteiger partial charge on any atom is -0.469 e. The molecule has 0 bridgehead atoms. The van der Waals surface area contributed by atoms with Gasteiger partial charge in [0, 0.05) is 0 Å². The number of hydrogen-bond donors (Lipinski definition) is 1. The molecule has 3 heteroatoms. The van der Waals surface area contributed by atoms with Gasteiger partial charge in [-0.05, 0) is 30.6 Å². The van der Waals surface area contributed by atoms with Crippen LogP contribution >= 0.6 is 0 Å². The van der Waals surface area contributed by atoms with Crippen molar-refractivity contribution in [1.82, 2.24) is 0 Å². The Labute approximate surface area is 78.1 Å². The van der Waals surface area contributed by atoms with Crippen molar-refractivity contribution in [2.45, 2.75) is 25.9 Å². The number of aliphatic hydroxyl groups is 1. The number of fused-ring (bicyclic) bond motifs is 1. The number of rotatable bonds is 2. The molecule has 1 N–H and O–H groups in total. The first-order valence-electron chi connectivity index (χ1n) is 4.91. The van der Waals surface area contributed by atoms with Crippen molar-refractivity contribution < 1.29 is 14.6 Å². The van der Waals surface area contributed by atoms with Crippen LogP contribution in [0.2, 0.25) is 0 Å². The molecule has 2 unspecified atom stereocenters. The lowest BCUT2D eigenvalue weighted by Gasteiger charge is -2.12. The number of carbonyl (C=O) groups excluding carboxylic acids is 1. The van der Waals surface area contributed by atoms with Crippen molar-refractivity contribution in [2.24, 2.45) is 23.7 Å². The highest BCUT2D eigenvalue weighted by atomic mass is 16.5. The first kappa shape index (κ1) is 9.00. The second kappa shape index (κ2) is 2.98. The molecule has 2 fully saturated rings. The van der Waals surface area contributed by atoms with Crippen molar-refractivity contribution in [3.8, 4) is 0 Å². The summed E-state index contributed by atoms with van der Waals surface area (Å²) >= 11 is 0. The first-order chi connectivity index (χ1) is 6.15. The Bertz CT molecular complexity index is 214. The zero-order valence-corrected chi connectivity index (χ0v) is 8.06. The fraction of sp³-hybridized carbons (Fsp3) is 0.900. The molecule has 2 aliphatic rings. The quantitative estimate of drug-likeness (QED) is 0.646. The molecule has 2 rings (SSSR count). The molecule has 0 aromatic heterocycles. The zero-order chi connectivity index (χ0) is 9.59. The Balaban J connectivity index is 1.90. The molecule has 74 valence electrons. The van der Waals surface area contributed by atoms with Gasteiger partial charge in [0.15, 0.2) is 0 Å². The summed E-state index contributed by atoms with van der Waals surface area (Å²) in [6.07, 6.45) is 1.66. The molecule has 0 amide bonds. The van der Waals surface area contributed by atoms with Crippen LogP contribution < -0.4 is 0 Å². The van der Waals surface area contributed by atoms with Gasteiger partial charge in [-0.1, -0.05) is 6.92 Å². The molecule has 0 aromatic rings. The lowest BCUT2D eigenvalue weighted by atomic mass is 9.98. The summed E-state index contributed by atoms with van der Waals surface area (Å²) in [7, 11) is 1.44. The largest absolute Gasteiger partial charge is 0.469 e. The van der Waals surface area contributed by atoms with Crippen LogP contribution in [-0.4, -0.2) is 24.3 Å². The highest BCUT2D eigenvalue weighted by molar-refractivity contribution is 5.72. The predicted octanol–water partition coefficient (Wildman–Crippen LogP) is 0.812. The summed E-state index contributed by atoms with van der Waals surface area (Å²) < 4.78 is 4.70. The van der Waals surface area contributed by atoms with Gasteiger partial charge in [-0.2, -0.15) is 0 Å². The summed E-state index contributed by atoms with van der Waals surface area (Å²) in [6.45, 7) is 1.93. The molecule has 0 aliphatic heterocycles. The van der Waals surface area contributed by atoms with Gasteiger partial charge in [-0.25, -0.2) is 0 Å². The number of hydrogen-bond acceptors (Lipinski definition) is 3. The summed E-state index contributed by atoms with van der Waals surface area (Å²) in [5.74, 6) is 1.57.